The van der Waals surface area contributed by atoms with Gasteiger partial charge in [-0.1, -0.05) is 6.07 Å². The second-order valence-corrected chi connectivity index (χ2v) is 4.37. The van der Waals surface area contributed by atoms with Crippen LogP contribution in [0.3, 0.4) is 0 Å². The highest BCUT2D eigenvalue weighted by Gasteiger charge is 2.14. The first-order valence-electron chi connectivity index (χ1n) is 5.82. The molecule has 0 aromatic heterocycles. The van der Waals surface area contributed by atoms with Crippen LogP contribution in [0.15, 0.2) is 18.2 Å². The molecule has 0 amide bonds. The Morgan fingerprint density at radius 2 is 2.12 bits per heavy atom. The van der Waals surface area contributed by atoms with Gasteiger partial charge in [0.05, 0.1) is 7.11 Å². The smallest absolute Gasteiger partial charge is 0.165 e. The van der Waals surface area contributed by atoms with Gasteiger partial charge in [-0.2, -0.15) is 0 Å². The number of nitrogens with one attached hydrogen (secondary N) is 1. The Morgan fingerprint density at radius 1 is 1.38 bits per heavy atom. The average Bonchev–Trinajstić information content (AvgIpc) is 2.33. The zero-order valence-electron chi connectivity index (χ0n) is 9.63. The average molecular weight is 223 g/mol. The lowest BCUT2D eigenvalue weighted by molar-refractivity contribution is 0.368. The van der Waals surface area contributed by atoms with Crippen molar-refractivity contribution < 1.29 is 9.13 Å². The summed E-state index contributed by atoms with van der Waals surface area (Å²) in [6, 6.07) is 5.17. The number of hydrogen-bond donors (Lipinski definition) is 1. The van der Waals surface area contributed by atoms with E-state index in [4.69, 9.17) is 4.74 Å². The zero-order valence-corrected chi connectivity index (χ0v) is 9.63. The van der Waals surface area contributed by atoms with Crippen LogP contribution >= 0.6 is 0 Å². The quantitative estimate of drug-likeness (QED) is 0.849. The van der Waals surface area contributed by atoms with Crippen LogP contribution in [0.4, 0.5) is 4.39 Å². The number of methoxy groups -OCH3 is 1. The van der Waals surface area contributed by atoms with E-state index in [2.05, 4.69) is 5.32 Å². The number of piperidine rings is 1. The molecule has 1 heterocycles. The van der Waals surface area contributed by atoms with Crippen LogP contribution in [0, 0.1) is 11.7 Å². The molecule has 0 saturated carbocycles. The fourth-order valence-electron chi connectivity index (χ4n) is 2.25. The third-order valence-corrected chi connectivity index (χ3v) is 3.20. The summed E-state index contributed by atoms with van der Waals surface area (Å²) < 4.78 is 18.2. The van der Waals surface area contributed by atoms with Gasteiger partial charge in [-0.15, -0.1) is 0 Å². The first kappa shape index (κ1) is 11.4. The molecule has 1 saturated heterocycles. The van der Waals surface area contributed by atoms with Crippen molar-refractivity contribution in [1.29, 1.82) is 0 Å². The Bertz CT molecular complexity index is 348. The van der Waals surface area contributed by atoms with Gasteiger partial charge in [0, 0.05) is 0 Å². The number of hydrogen-bond acceptors (Lipinski definition) is 2. The van der Waals surface area contributed by atoms with Gasteiger partial charge in [-0.3, -0.25) is 0 Å². The summed E-state index contributed by atoms with van der Waals surface area (Å²) in [4.78, 5) is 0. The van der Waals surface area contributed by atoms with Crippen molar-refractivity contribution in [2.24, 2.45) is 5.92 Å². The van der Waals surface area contributed by atoms with E-state index < -0.39 is 0 Å². The molecule has 2 nitrogen and oxygen atoms in total. The molecule has 88 valence electrons. The minimum Gasteiger partial charge on any atom is -0.494 e. The number of halogens is 1. The molecule has 16 heavy (non-hydrogen) atoms. The van der Waals surface area contributed by atoms with Gasteiger partial charge in [0.25, 0.3) is 0 Å². The maximum atomic E-state index is 13.2. The van der Waals surface area contributed by atoms with Gasteiger partial charge in [0.2, 0.25) is 0 Å². The molecule has 1 aliphatic rings. The van der Waals surface area contributed by atoms with Crippen LogP contribution in [-0.2, 0) is 6.42 Å². The second kappa shape index (κ2) is 5.30. The van der Waals surface area contributed by atoms with Crippen LogP contribution in [0.5, 0.6) is 5.75 Å². The van der Waals surface area contributed by atoms with Crippen molar-refractivity contribution >= 4 is 0 Å². The Balaban J connectivity index is 2.03. The molecule has 1 aliphatic heterocycles. The van der Waals surface area contributed by atoms with Crippen molar-refractivity contribution in [3.05, 3.63) is 29.6 Å². The summed E-state index contributed by atoms with van der Waals surface area (Å²) >= 11 is 0. The topological polar surface area (TPSA) is 21.3 Å². The summed E-state index contributed by atoms with van der Waals surface area (Å²) in [5.41, 5.74) is 1.17. The lowest BCUT2D eigenvalue weighted by atomic mass is 9.91. The fraction of sp³-hybridized carbons (Fsp3) is 0.538. The van der Waals surface area contributed by atoms with Crippen molar-refractivity contribution in [3.63, 3.8) is 0 Å². The molecule has 3 heteroatoms. The van der Waals surface area contributed by atoms with Gasteiger partial charge in [-0.25, -0.2) is 4.39 Å². The first-order valence-corrected chi connectivity index (χ1v) is 5.82. The molecule has 2 rings (SSSR count). The summed E-state index contributed by atoms with van der Waals surface area (Å²) in [5.74, 6) is 0.791. The van der Waals surface area contributed by atoms with E-state index in [1.54, 1.807) is 0 Å². The molecule has 0 spiro atoms. The van der Waals surface area contributed by atoms with Gasteiger partial charge < -0.3 is 10.1 Å². The Hall–Kier alpha value is -1.09. The Labute approximate surface area is 95.8 Å². The number of rotatable bonds is 3. The van der Waals surface area contributed by atoms with Crippen molar-refractivity contribution in [1.82, 2.24) is 5.32 Å². The Kier molecular flexibility index (Phi) is 3.78. The SMILES string of the molecule is COc1cc(CC2CCNCC2)ccc1F. The monoisotopic (exact) mass is 223 g/mol. The van der Waals surface area contributed by atoms with E-state index >= 15 is 0 Å². The molecular weight excluding hydrogens is 205 g/mol. The highest BCUT2D eigenvalue weighted by Crippen LogP contribution is 2.23. The van der Waals surface area contributed by atoms with Crippen molar-refractivity contribution in [3.8, 4) is 5.75 Å². The van der Waals surface area contributed by atoms with Crippen LogP contribution in [0.2, 0.25) is 0 Å². The first-order chi connectivity index (χ1) is 7.79. The molecule has 1 fully saturated rings. The van der Waals surface area contributed by atoms with Crippen molar-refractivity contribution in [2.75, 3.05) is 20.2 Å². The molecular formula is C13H18FNO. The van der Waals surface area contributed by atoms with E-state index in [1.165, 1.54) is 31.6 Å². The largest absolute Gasteiger partial charge is 0.494 e. The van der Waals surface area contributed by atoms with Crippen LogP contribution in [0.25, 0.3) is 0 Å². The normalized spacial score (nSPS) is 17.4. The van der Waals surface area contributed by atoms with E-state index in [0.29, 0.717) is 5.75 Å². The highest BCUT2D eigenvalue weighted by molar-refractivity contribution is 5.30. The summed E-state index contributed by atoms with van der Waals surface area (Å²) in [6.07, 6.45) is 3.44. The van der Waals surface area contributed by atoms with Crippen LogP contribution in [-0.4, -0.2) is 20.2 Å². The molecule has 0 atom stereocenters. The van der Waals surface area contributed by atoms with E-state index in [1.807, 2.05) is 12.1 Å². The minimum absolute atomic E-state index is 0.281. The summed E-state index contributed by atoms with van der Waals surface area (Å²) in [5, 5.41) is 3.35. The van der Waals surface area contributed by atoms with E-state index in [0.717, 1.165) is 25.4 Å². The standard InChI is InChI=1S/C13H18FNO/c1-16-13-9-11(2-3-12(13)14)8-10-4-6-15-7-5-10/h2-3,9-10,15H,4-8H2,1H3. The minimum atomic E-state index is -0.281. The fourth-order valence-corrected chi connectivity index (χ4v) is 2.25. The Morgan fingerprint density at radius 3 is 2.81 bits per heavy atom. The van der Waals surface area contributed by atoms with E-state index in [-0.39, 0.29) is 5.82 Å². The molecule has 0 radical (unpaired) electrons. The molecule has 1 aromatic rings. The van der Waals surface area contributed by atoms with Crippen LogP contribution < -0.4 is 10.1 Å². The molecule has 1 N–H and O–H groups in total. The molecule has 0 bridgehead atoms. The number of benzene rings is 1. The zero-order chi connectivity index (χ0) is 11.4. The van der Waals surface area contributed by atoms with Gasteiger partial charge in [0.1, 0.15) is 0 Å². The lowest BCUT2D eigenvalue weighted by Gasteiger charge is -2.22. The predicted octanol–water partition coefficient (Wildman–Crippen LogP) is 2.38. The summed E-state index contributed by atoms with van der Waals surface area (Å²) in [6.45, 7) is 2.20. The molecule has 0 aliphatic carbocycles. The second-order valence-electron chi connectivity index (χ2n) is 4.37. The highest BCUT2D eigenvalue weighted by atomic mass is 19.1. The van der Waals surface area contributed by atoms with E-state index in [9.17, 15) is 4.39 Å². The maximum absolute atomic E-state index is 13.2. The van der Waals surface area contributed by atoms with Gasteiger partial charge in [-0.05, 0) is 56.0 Å². The third kappa shape index (κ3) is 2.73. The molecule has 1 aromatic carbocycles. The predicted molar refractivity (Wildman–Crippen MR) is 62.2 cm³/mol. The maximum Gasteiger partial charge on any atom is 0.165 e. The van der Waals surface area contributed by atoms with Crippen molar-refractivity contribution in [2.45, 2.75) is 19.3 Å². The number of ether oxygens (including phenoxy) is 1. The molecule has 0 unspecified atom stereocenters. The third-order valence-electron chi connectivity index (χ3n) is 3.20. The van der Waals surface area contributed by atoms with Crippen LogP contribution in [0.1, 0.15) is 18.4 Å². The lowest BCUT2D eigenvalue weighted by Crippen LogP contribution is -2.28. The van der Waals surface area contributed by atoms with Gasteiger partial charge >= 0.3 is 0 Å². The van der Waals surface area contributed by atoms with Gasteiger partial charge in [0.15, 0.2) is 11.6 Å². The summed E-state index contributed by atoms with van der Waals surface area (Å²) in [7, 11) is 1.51.